The topological polar surface area (TPSA) is 15.3 Å². The molecule has 0 saturated heterocycles. The second-order valence-electron chi connectivity index (χ2n) is 5.21. The summed E-state index contributed by atoms with van der Waals surface area (Å²) in [6, 6.07) is 7.38. The molecule has 19 heavy (non-hydrogen) atoms. The molecule has 1 N–H and O–H groups in total. The van der Waals surface area contributed by atoms with E-state index in [4.69, 9.17) is 0 Å². The highest BCUT2D eigenvalue weighted by atomic mass is 32.2. The highest BCUT2D eigenvalue weighted by molar-refractivity contribution is 7.98. The summed E-state index contributed by atoms with van der Waals surface area (Å²) in [5, 5.41) is 3.45. The summed E-state index contributed by atoms with van der Waals surface area (Å²) in [4.78, 5) is 2.38. The van der Waals surface area contributed by atoms with Gasteiger partial charge in [-0.05, 0) is 50.3 Å². The van der Waals surface area contributed by atoms with Gasteiger partial charge in [-0.15, -0.1) is 0 Å². The summed E-state index contributed by atoms with van der Waals surface area (Å²) in [6.45, 7) is 8.75. The predicted octanol–water partition coefficient (Wildman–Crippen LogP) is 3.68. The molecular formula is C16H28N2S. The highest BCUT2D eigenvalue weighted by Crippen LogP contribution is 2.23. The van der Waals surface area contributed by atoms with Crippen LogP contribution >= 0.6 is 11.8 Å². The van der Waals surface area contributed by atoms with Crippen LogP contribution in [0.25, 0.3) is 0 Å². The quantitative estimate of drug-likeness (QED) is 0.731. The molecule has 0 aliphatic heterocycles. The zero-order valence-corrected chi connectivity index (χ0v) is 13.8. The van der Waals surface area contributed by atoms with Crippen molar-refractivity contribution in [2.24, 2.45) is 0 Å². The van der Waals surface area contributed by atoms with E-state index in [9.17, 15) is 0 Å². The molecular weight excluding hydrogens is 252 g/mol. The van der Waals surface area contributed by atoms with Crippen molar-refractivity contribution in [2.45, 2.75) is 39.8 Å². The third-order valence-electron chi connectivity index (χ3n) is 3.47. The number of anilines is 1. The Labute approximate surface area is 123 Å². The third kappa shape index (κ3) is 5.07. The molecule has 0 fully saturated rings. The fraction of sp³-hybridized carbons (Fsp3) is 0.625. The van der Waals surface area contributed by atoms with Crippen molar-refractivity contribution in [3.05, 3.63) is 29.3 Å². The van der Waals surface area contributed by atoms with Crippen molar-refractivity contribution in [3.8, 4) is 0 Å². The Hall–Kier alpha value is -0.670. The van der Waals surface area contributed by atoms with Gasteiger partial charge in [-0.25, -0.2) is 0 Å². The molecule has 3 heteroatoms. The summed E-state index contributed by atoms with van der Waals surface area (Å²) in [5.41, 5.74) is 4.09. The number of thioether (sulfide) groups is 1. The van der Waals surface area contributed by atoms with Gasteiger partial charge in [0.05, 0.1) is 0 Å². The van der Waals surface area contributed by atoms with Gasteiger partial charge in [-0.1, -0.05) is 19.1 Å². The van der Waals surface area contributed by atoms with Crippen LogP contribution in [-0.2, 0) is 6.54 Å². The SMILES string of the molecule is CCCNCc1ccc(N(C)C(C)CSC)c(C)c1. The Morgan fingerprint density at radius 2 is 2.11 bits per heavy atom. The molecule has 0 saturated carbocycles. The fourth-order valence-corrected chi connectivity index (χ4v) is 2.93. The lowest BCUT2D eigenvalue weighted by atomic mass is 10.1. The van der Waals surface area contributed by atoms with Gasteiger partial charge in [-0.3, -0.25) is 0 Å². The second-order valence-corrected chi connectivity index (χ2v) is 6.12. The van der Waals surface area contributed by atoms with Gasteiger partial charge in [0.2, 0.25) is 0 Å². The average Bonchev–Trinajstić information content (AvgIpc) is 2.39. The first-order valence-corrected chi connectivity index (χ1v) is 8.51. The molecule has 0 aliphatic carbocycles. The molecule has 0 spiro atoms. The molecule has 0 amide bonds. The number of nitrogens with one attached hydrogen (secondary N) is 1. The molecule has 108 valence electrons. The first-order chi connectivity index (χ1) is 9.10. The van der Waals surface area contributed by atoms with Crippen LogP contribution in [0.5, 0.6) is 0 Å². The van der Waals surface area contributed by atoms with Gasteiger partial charge in [0.15, 0.2) is 0 Å². The van der Waals surface area contributed by atoms with E-state index in [1.54, 1.807) is 0 Å². The maximum absolute atomic E-state index is 3.45. The molecule has 2 nitrogen and oxygen atoms in total. The van der Waals surface area contributed by atoms with Gasteiger partial charge >= 0.3 is 0 Å². The zero-order valence-electron chi connectivity index (χ0n) is 13.0. The van der Waals surface area contributed by atoms with E-state index in [-0.39, 0.29) is 0 Å². The number of hydrogen-bond donors (Lipinski definition) is 1. The van der Waals surface area contributed by atoms with Gasteiger partial charge in [0, 0.05) is 31.1 Å². The van der Waals surface area contributed by atoms with Crippen LogP contribution in [0.2, 0.25) is 0 Å². The zero-order chi connectivity index (χ0) is 14.3. The molecule has 0 heterocycles. The summed E-state index contributed by atoms with van der Waals surface area (Å²) >= 11 is 1.90. The minimum atomic E-state index is 0.567. The van der Waals surface area contributed by atoms with Gasteiger partial charge < -0.3 is 10.2 Å². The van der Waals surface area contributed by atoms with Crippen LogP contribution in [0.15, 0.2) is 18.2 Å². The van der Waals surface area contributed by atoms with Crippen molar-refractivity contribution < 1.29 is 0 Å². The first-order valence-electron chi connectivity index (χ1n) is 7.12. The number of aryl methyl sites for hydroxylation is 1. The van der Waals surface area contributed by atoms with Crippen molar-refractivity contribution in [2.75, 3.05) is 30.5 Å². The van der Waals surface area contributed by atoms with Gasteiger partial charge in [0.1, 0.15) is 0 Å². The Balaban J connectivity index is 2.70. The number of nitrogens with zero attached hydrogens (tertiary/aromatic N) is 1. The van der Waals surface area contributed by atoms with E-state index in [2.05, 4.69) is 62.5 Å². The van der Waals surface area contributed by atoms with Crippen molar-refractivity contribution in [3.63, 3.8) is 0 Å². The van der Waals surface area contributed by atoms with Crippen LogP contribution in [0.3, 0.4) is 0 Å². The van der Waals surface area contributed by atoms with Crippen molar-refractivity contribution >= 4 is 17.4 Å². The Morgan fingerprint density at radius 3 is 2.68 bits per heavy atom. The van der Waals surface area contributed by atoms with E-state index >= 15 is 0 Å². The lowest BCUT2D eigenvalue weighted by Gasteiger charge is -2.28. The minimum absolute atomic E-state index is 0.567. The minimum Gasteiger partial charge on any atom is -0.371 e. The lowest BCUT2D eigenvalue weighted by Crippen LogP contribution is -2.31. The Bertz CT molecular complexity index is 379. The first kappa shape index (κ1) is 16.4. The summed E-state index contributed by atoms with van der Waals surface area (Å²) in [7, 11) is 2.19. The largest absolute Gasteiger partial charge is 0.371 e. The maximum Gasteiger partial charge on any atom is 0.0396 e. The van der Waals surface area contributed by atoms with Crippen LogP contribution in [0.4, 0.5) is 5.69 Å². The monoisotopic (exact) mass is 280 g/mol. The van der Waals surface area contributed by atoms with E-state index in [1.165, 1.54) is 23.2 Å². The third-order valence-corrected chi connectivity index (χ3v) is 4.28. The maximum atomic E-state index is 3.45. The van der Waals surface area contributed by atoms with E-state index in [1.807, 2.05) is 11.8 Å². The summed E-state index contributed by atoms with van der Waals surface area (Å²) in [6.07, 6.45) is 3.35. The fourth-order valence-electron chi connectivity index (χ4n) is 2.22. The molecule has 1 aromatic rings. The number of rotatable bonds is 8. The molecule has 1 unspecified atom stereocenters. The predicted molar refractivity (Wildman–Crippen MR) is 89.4 cm³/mol. The molecule has 0 radical (unpaired) electrons. The second kappa shape index (κ2) is 8.49. The standard InChI is InChI=1S/C16H28N2S/c1-6-9-17-11-15-7-8-16(13(2)10-15)18(4)14(3)12-19-5/h7-8,10,14,17H,6,9,11-12H2,1-5H3. The molecule has 0 aromatic heterocycles. The van der Waals surface area contributed by atoms with Crippen molar-refractivity contribution in [1.29, 1.82) is 0 Å². The Morgan fingerprint density at radius 1 is 1.37 bits per heavy atom. The van der Waals surface area contributed by atoms with E-state index in [0.717, 1.165) is 18.8 Å². The molecule has 1 rings (SSSR count). The Kier molecular flexibility index (Phi) is 7.32. The van der Waals surface area contributed by atoms with E-state index in [0.29, 0.717) is 6.04 Å². The van der Waals surface area contributed by atoms with Gasteiger partial charge in [-0.2, -0.15) is 11.8 Å². The van der Waals surface area contributed by atoms with Gasteiger partial charge in [0.25, 0.3) is 0 Å². The number of benzene rings is 1. The van der Waals surface area contributed by atoms with Crippen molar-refractivity contribution in [1.82, 2.24) is 5.32 Å². The van der Waals surface area contributed by atoms with Crippen LogP contribution < -0.4 is 10.2 Å². The van der Waals surface area contributed by atoms with Crippen LogP contribution in [0.1, 0.15) is 31.4 Å². The smallest absolute Gasteiger partial charge is 0.0396 e. The average molecular weight is 280 g/mol. The lowest BCUT2D eigenvalue weighted by molar-refractivity contribution is 0.675. The normalized spacial score (nSPS) is 12.5. The molecule has 1 aromatic carbocycles. The number of hydrogen-bond acceptors (Lipinski definition) is 3. The summed E-state index contributed by atoms with van der Waals surface area (Å²) < 4.78 is 0. The summed E-state index contributed by atoms with van der Waals surface area (Å²) in [5.74, 6) is 1.16. The molecule has 1 atom stereocenters. The van der Waals surface area contributed by atoms with Crippen LogP contribution in [0, 0.1) is 6.92 Å². The van der Waals surface area contributed by atoms with Crippen LogP contribution in [-0.4, -0.2) is 31.6 Å². The molecule has 0 bridgehead atoms. The molecule has 0 aliphatic rings. The van der Waals surface area contributed by atoms with E-state index < -0.39 is 0 Å². The highest BCUT2D eigenvalue weighted by Gasteiger charge is 2.11.